The van der Waals surface area contributed by atoms with Crippen molar-refractivity contribution in [2.24, 2.45) is 39.8 Å². The average molecular weight is 569 g/mol. The Hall–Kier alpha value is -0.480. The first-order chi connectivity index (χ1) is 18.2. The largest absolute Gasteiger partial charge is 0.379 e. The van der Waals surface area contributed by atoms with Crippen molar-refractivity contribution in [1.82, 2.24) is 0 Å². The van der Waals surface area contributed by atoms with Crippen LogP contribution in [-0.2, 0) is 28.4 Å². The van der Waals surface area contributed by atoms with Gasteiger partial charge in [-0.1, -0.05) is 6.92 Å². The number of hydrogen-bond acceptors (Lipinski definition) is 12. The first kappa shape index (κ1) is 40.7. The quantitative estimate of drug-likeness (QED) is 0.0902. The van der Waals surface area contributed by atoms with E-state index in [-0.39, 0.29) is 47.8 Å². The van der Waals surface area contributed by atoms with Crippen LogP contribution in [0.1, 0.15) is 54.9 Å². The molecule has 0 aromatic carbocycles. The van der Waals surface area contributed by atoms with Crippen molar-refractivity contribution < 1.29 is 28.4 Å². The standard InChI is InChI=1S/C15H35N3O3.C12H29N3O3/c1-5-15(9-19-6-12(2)16,10-20-7-13(3)17)11-21-8-14(4)18;1-9(13)4-16-7-12(18-6-11(3)15)8-17-5-10(2)14/h12-14H,5-11,16-18H2,1-4H3;9-12H,4-8,13-15H2,1-3H3. The highest BCUT2D eigenvalue weighted by atomic mass is 16.6. The van der Waals surface area contributed by atoms with Crippen molar-refractivity contribution in [3.05, 3.63) is 0 Å². The summed E-state index contributed by atoms with van der Waals surface area (Å²) in [4.78, 5) is 0. The van der Waals surface area contributed by atoms with Gasteiger partial charge in [0.1, 0.15) is 6.10 Å². The van der Waals surface area contributed by atoms with Crippen LogP contribution in [-0.4, -0.2) is 115 Å². The third-order valence-corrected chi connectivity index (χ3v) is 5.08. The van der Waals surface area contributed by atoms with E-state index in [2.05, 4.69) is 6.92 Å². The summed E-state index contributed by atoms with van der Waals surface area (Å²) in [5, 5.41) is 0. The van der Waals surface area contributed by atoms with Crippen molar-refractivity contribution in [2.45, 2.75) is 97.2 Å². The Bertz CT molecular complexity index is 477. The average Bonchev–Trinajstić information content (AvgIpc) is 2.81. The van der Waals surface area contributed by atoms with Crippen molar-refractivity contribution in [1.29, 1.82) is 0 Å². The summed E-state index contributed by atoms with van der Waals surface area (Å²) in [5.74, 6) is 0. The minimum Gasteiger partial charge on any atom is -0.379 e. The molecular formula is C27H64N6O6. The van der Waals surface area contributed by atoms with Crippen LogP contribution in [0.25, 0.3) is 0 Å². The van der Waals surface area contributed by atoms with Gasteiger partial charge in [0.25, 0.3) is 0 Å². The number of nitrogens with two attached hydrogens (primary N) is 6. The second-order valence-corrected chi connectivity index (χ2v) is 11.3. The summed E-state index contributed by atoms with van der Waals surface area (Å²) in [7, 11) is 0. The second-order valence-electron chi connectivity index (χ2n) is 11.3. The van der Waals surface area contributed by atoms with Gasteiger partial charge in [-0.3, -0.25) is 0 Å². The highest BCUT2D eigenvalue weighted by molar-refractivity contribution is 4.78. The van der Waals surface area contributed by atoms with Gasteiger partial charge in [0, 0.05) is 41.7 Å². The molecule has 0 radical (unpaired) electrons. The van der Waals surface area contributed by atoms with E-state index in [0.29, 0.717) is 72.7 Å². The Morgan fingerprint density at radius 1 is 0.436 bits per heavy atom. The summed E-state index contributed by atoms with van der Waals surface area (Å²) in [6.45, 7) is 19.2. The maximum atomic E-state index is 5.72. The molecule has 0 amide bonds. The highest BCUT2D eigenvalue weighted by Crippen LogP contribution is 2.24. The van der Waals surface area contributed by atoms with E-state index in [4.69, 9.17) is 62.8 Å². The molecule has 238 valence electrons. The van der Waals surface area contributed by atoms with Crippen molar-refractivity contribution in [3.63, 3.8) is 0 Å². The fourth-order valence-corrected chi connectivity index (χ4v) is 3.02. The van der Waals surface area contributed by atoms with Gasteiger partial charge in [0.15, 0.2) is 0 Å². The Morgan fingerprint density at radius 3 is 0.974 bits per heavy atom. The molecule has 6 atom stereocenters. The molecule has 6 unspecified atom stereocenters. The summed E-state index contributed by atoms with van der Waals surface area (Å²) in [5.41, 5.74) is 33.8. The summed E-state index contributed by atoms with van der Waals surface area (Å²) < 4.78 is 33.7. The van der Waals surface area contributed by atoms with E-state index < -0.39 is 0 Å². The summed E-state index contributed by atoms with van der Waals surface area (Å²) >= 11 is 0. The van der Waals surface area contributed by atoms with Gasteiger partial charge in [-0.25, -0.2) is 0 Å². The Balaban J connectivity index is 0. The normalized spacial score (nSPS) is 18.7. The van der Waals surface area contributed by atoms with Crippen LogP contribution in [0, 0.1) is 5.41 Å². The van der Waals surface area contributed by atoms with Gasteiger partial charge in [-0.2, -0.15) is 0 Å². The van der Waals surface area contributed by atoms with Crippen LogP contribution in [0.3, 0.4) is 0 Å². The molecule has 0 aliphatic carbocycles. The lowest BCUT2D eigenvalue weighted by Crippen LogP contribution is -2.40. The highest BCUT2D eigenvalue weighted by Gasteiger charge is 2.30. The van der Waals surface area contributed by atoms with Gasteiger partial charge < -0.3 is 62.8 Å². The minimum atomic E-state index is -0.182. The van der Waals surface area contributed by atoms with Crippen molar-refractivity contribution in [2.75, 3.05) is 72.7 Å². The molecule has 0 aliphatic heterocycles. The molecular weight excluding hydrogens is 504 g/mol. The molecule has 39 heavy (non-hydrogen) atoms. The fraction of sp³-hybridized carbons (Fsp3) is 1.00. The number of rotatable bonds is 24. The van der Waals surface area contributed by atoms with Crippen LogP contribution in [0.2, 0.25) is 0 Å². The zero-order valence-electron chi connectivity index (χ0n) is 25.9. The molecule has 0 bridgehead atoms. The first-order valence-corrected chi connectivity index (χ1v) is 14.3. The van der Waals surface area contributed by atoms with Gasteiger partial charge >= 0.3 is 0 Å². The summed E-state index contributed by atoms with van der Waals surface area (Å²) in [6.07, 6.45) is 0.762. The molecule has 12 N–H and O–H groups in total. The lowest BCUT2D eigenvalue weighted by molar-refractivity contribution is -0.0750. The monoisotopic (exact) mass is 568 g/mol. The topological polar surface area (TPSA) is 212 Å². The van der Waals surface area contributed by atoms with Crippen LogP contribution in [0.15, 0.2) is 0 Å². The zero-order valence-corrected chi connectivity index (χ0v) is 25.9. The lowest BCUT2D eigenvalue weighted by atomic mass is 9.88. The van der Waals surface area contributed by atoms with E-state index >= 15 is 0 Å². The fourth-order valence-electron chi connectivity index (χ4n) is 3.02. The second kappa shape index (κ2) is 25.2. The predicted octanol–water partition coefficient (Wildman–Crippen LogP) is -0.0794. The third kappa shape index (κ3) is 28.8. The van der Waals surface area contributed by atoms with E-state index in [1.165, 1.54) is 0 Å². The SMILES string of the molecule is CC(N)COCC(COCC(C)N)OCC(C)N.CCC(COCC(C)N)(COCC(C)N)COCC(C)N. The molecule has 0 aromatic rings. The van der Waals surface area contributed by atoms with E-state index in [1.54, 1.807) is 0 Å². The zero-order chi connectivity index (χ0) is 30.3. The van der Waals surface area contributed by atoms with Crippen molar-refractivity contribution in [3.8, 4) is 0 Å². The van der Waals surface area contributed by atoms with Crippen LogP contribution in [0.5, 0.6) is 0 Å². The van der Waals surface area contributed by atoms with Crippen molar-refractivity contribution >= 4 is 0 Å². The third-order valence-electron chi connectivity index (χ3n) is 5.08. The molecule has 0 heterocycles. The van der Waals surface area contributed by atoms with E-state index in [9.17, 15) is 0 Å². The molecule has 0 fully saturated rings. The Morgan fingerprint density at radius 2 is 0.718 bits per heavy atom. The Kier molecular flexibility index (Phi) is 26.3. The minimum absolute atomic E-state index is 0.00522. The molecule has 0 aromatic heterocycles. The molecule has 0 spiro atoms. The first-order valence-electron chi connectivity index (χ1n) is 14.3. The molecule has 0 saturated heterocycles. The van der Waals surface area contributed by atoms with Crippen LogP contribution in [0.4, 0.5) is 0 Å². The molecule has 0 aliphatic rings. The van der Waals surface area contributed by atoms with Gasteiger partial charge in [-0.15, -0.1) is 0 Å². The molecule has 0 saturated carbocycles. The molecule has 12 nitrogen and oxygen atoms in total. The number of hydrogen-bond donors (Lipinski definition) is 6. The maximum absolute atomic E-state index is 5.72. The van der Waals surface area contributed by atoms with Crippen LogP contribution >= 0.6 is 0 Å². The molecule has 12 heteroatoms. The molecule has 0 rings (SSSR count). The summed E-state index contributed by atoms with van der Waals surface area (Å²) in [6, 6.07) is 0.0982. The van der Waals surface area contributed by atoms with Crippen LogP contribution < -0.4 is 34.4 Å². The van der Waals surface area contributed by atoms with E-state index in [0.717, 1.165) is 6.42 Å². The maximum Gasteiger partial charge on any atom is 0.104 e. The van der Waals surface area contributed by atoms with Gasteiger partial charge in [0.2, 0.25) is 0 Å². The van der Waals surface area contributed by atoms with Gasteiger partial charge in [-0.05, 0) is 48.0 Å². The lowest BCUT2D eigenvalue weighted by Gasteiger charge is -2.33. The Labute approximate surface area is 238 Å². The van der Waals surface area contributed by atoms with E-state index in [1.807, 2.05) is 41.5 Å². The number of ether oxygens (including phenoxy) is 6. The predicted molar refractivity (Wildman–Crippen MR) is 158 cm³/mol. The van der Waals surface area contributed by atoms with Gasteiger partial charge in [0.05, 0.1) is 72.7 Å². The smallest absolute Gasteiger partial charge is 0.104 e.